The normalized spacial score (nSPS) is 11.0. The zero-order valence-corrected chi connectivity index (χ0v) is 21.9. The summed E-state index contributed by atoms with van der Waals surface area (Å²) in [6.45, 7) is 5.20. The molecule has 2 nitrogen and oxygen atoms in total. The predicted octanol–water partition coefficient (Wildman–Crippen LogP) is 9.19. The Balaban J connectivity index is 1.41. The van der Waals surface area contributed by atoms with E-state index >= 15 is 8.78 Å². The lowest BCUT2D eigenvalue weighted by atomic mass is 9.97. The Hall–Kier alpha value is -3.73. The Kier molecular flexibility index (Phi) is 9.47. The molecule has 0 radical (unpaired) electrons. The molecule has 0 heterocycles. The highest BCUT2D eigenvalue weighted by molar-refractivity contribution is 5.72. The summed E-state index contributed by atoms with van der Waals surface area (Å²) in [7, 11) is 0. The minimum atomic E-state index is -0.877. The van der Waals surface area contributed by atoms with E-state index in [-0.39, 0.29) is 22.7 Å². The van der Waals surface area contributed by atoms with Crippen LogP contribution in [0.25, 0.3) is 22.3 Å². The Bertz CT molecular complexity index is 1330. The van der Waals surface area contributed by atoms with Gasteiger partial charge in [-0.3, -0.25) is 0 Å². The van der Waals surface area contributed by atoms with Gasteiger partial charge in [0.25, 0.3) is 0 Å². The summed E-state index contributed by atoms with van der Waals surface area (Å²) in [6, 6.07) is 22.7. The molecule has 198 valence electrons. The number of hydrogen-bond acceptors (Lipinski definition) is 2. The van der Waals surface area contributed by atoms with Crippen LogP contribution in [0.4, 0.5) is 13.2 Å². The summed E-state index contributed by atoms with van der Waals surface area (Å²) in [5.41, 5.74) is 3.51. The van der Waals surface area contributed by atoms with E-state index in [0.29, 0.717) is 42.9 Å². The number of aryl methyl sites for hydroxylation is 2. The largest absolute Gasteiger partial charge is 0.494 e. The topological polar surface area (TPSA) is 18.5 Å². The first-order valence-corrected chi connectivity index (χ1v) is 13.2. The lowest BCUT2D eigenvalue weighted by Crippen LogP contribution is -2.00. The van der Waals surface area contributed by atoms with Gasteiger partial charge in [-0.1, -0.05) is 74.9 Å². The van der Waals surface area contributed by atoms with E-state index < -0.39 is 11.6 Å². The molecule has 0 spiro atoms. The molecule has 0 atom stereocenters. The van der Waals surface area contributed by atoms with Crippen LogP contribution in [0.15, 0.2) is 78.9 Å². The van der Waals surface area contributed by atoms with Crippen LogP contribution in [0.1, 0.15) is 44.2 Å². The zero-order chi connectivity index (χ0) is 26.9. The molecular weight excluding hydrogens is 485 g/mol. The molecule has 5 heteroatoms. The molecule has 0 aliphatic carbocycles. The second kappa shape index (κ2) is 13.2. The van der Waals surface area contributed by atoms with Crippen molar-refractivity contribution < 1.29 is 22.6 Å². The summed E-state index contributed by atoms with van der Waals surface area (Å²) < 4.78 is 55.5. The lowest BCUT2D eigenvalue weighted by Gasteiger charge is -2.11. The van der Waals surface area contributed by atoms with Gasteiger partial charge in [0, 0.05) is 11.1 Å². The van der Waals surface area contributed by atoms with Gasteiger partial charge in [0.05, 0.1) is 13.2 Å². The van der Waals surface area contributed by atoms with Crippen LogP contribution in [0.2, 0.25) is 0 Å². The molecule has 4 aromatic rings. The van der Waals surface area contributed by atoms with E-state index in [4.69, 9.17) is 9.47 Å². The van der Waals surface area contributed by atoms with Gasteiger partial charge in [0.1, 0.15) is 5.75 Å². The monoisotopic (exact) mass is 518 g/mol. The number of hydrogen-bond donors (Lipinski definition) is 0. The van der Waals surface area contributed by atoms with Gasteiger partial charge in [0.2, 0.25) is 0 Å². The molecule has 0 bridgehead atoms. The summed E-state index contributed by atoms with van der Waals surface area (Å²) in [5.74, 6) is -1.12. The molecule has 0 aliphatic heterocycles. The summed E-state index contributed by atoms with van der Waals surface area (Å²) in [5, 5.41) is 0. The summed E-state index contributed by atoms with van der Waals surface area (Å²) in [6.07, 6.45) is 4.14. The van der Waals surface area contributed by atoms with Gasteiger partial charge in [-0.15, -0.1) is 0 Å². The minimum Gasteiger partial charge on any atom is -0.494 e. The van der Waals surface area contributed by atoms with Crippen molar-refractivity contribution in [1.29, 1.82) is 0 Å². The number of ether oxygens (including phenoxy) is 2. The van der Waals surface area contributed by atoms with Crippen molar-refractivity contribution in [3.05, 3.63) is 107 Å². The van der Waals surface area contributed by atoms with Gasteiger partial charge in [-0.25, -0.2) is 13.2 Å². The first-order valence-electron chi connectivity index (χ1n) is 13.2. The summed E-state index contributed by atoms with van der Waals surface area (Å²) >= 11 is 0. The van der Waals surface area contributed by atoms with Crippen LogP contribution in [0, 0.1) is 17.5 Å². The van der Waals surface area contributed by atoms with Crippen molar-refractivity contribution in [3.8, 4) is 33.8 Å². The van der Waals surface area contributed by atoms with Gasteiger partial charge in [-0.2, -0.15) is 0 Å². The molecule has 38 heavy (non-hydrogen) atoms. The lowest BCUT2D eigenvalue weighted by molar-refractivity contribution is 0.294. The highest BCUT2D eigenvalue weighted by Gasteiger charge is 2.16. The Morgan fingerprint density at radius 2 is 1.16 bits per heavy atom. The zero-order valence-electron chi connectivity index (χ0n) is 21.9. The van der Waals surface area contributed by atoms with Crippen LogP contribution in [-0.4, -0.2) is 13.2 Å². The Morgan fingerprint density at radius 3 is 1.74 bits per heavy atom. The van der Waals surface area contributed by atoms with Crippen molar-refractivity contribution in [2.75, 3.05) is 13.2 Å². The minimum absolute atomic E-state index is 0.207. The second-order valence-corrected chi connectivity index (χ2v) is 9.33. The van der Waals surface area contributed by atoms with Crippen LogP contribution in [-0.2, 0) is 12.8 Å². The van der Waals surface area contributed by atoms with Crippen molar-refractivity contribution in [3.63, 3.8) is 0 Å². The highest BCUT2D eigenvalue weighted by atomic mass is 19.2. The van der Waals surface area contributed by atoms with Crippen LogP contribution < -0.4 is 9.47 Å². The fourth-order valence-electron chi connectivity index (χ4n) is 4.23. The van der Waals surface area contributed by atoms with Gasteiger partial charge in [0.15, 0.2) is 23.2 Å². The molecule has 0 aromatic heterocycles. The average Bonchev–Trinajstić information content (AvgIpc) is 2.94. The highest BCUT2D eigenvalue weighted by Crippen LogP contribution is 2.32. The van der Waals surface area contributed by atoms with Gasteiger partial charge >= 0.3 is 0 Å². The molecule has 0 N–H and O–H groups in total. The maximum absolute atomic E-state index is 15.1. The molecular formula is C33H33F3O2. The van der Waals surface area contributed by atoms with E-state index in [9.17, 15) is 4.39 Å². The fraction of sp³-hybridized carbons (Fsp3) is 0.273. The average molecular weight is 519 g/mol. The third-order valence-electron chi connectivity index (χ3n) is 6.44. The molecule has 0 saturated carbocycles. The second-order valence-electron chi connectivity index (χ2n) is 9.33. The maximum atomic E-state index is 15.1. The third kappa shape index (κ3) is 6.77. The van der Waals surface area contributed by atoms with Crippen LogP contribution >= 0.6 is 0 Å². The number of benzene rings is 4. The molecule has 0 unspecified atom stereocenters. The molecule has 0 saturated heterocycles. The fourth-order valence-corrected chi connectivity index (χ4v) is 4.23. The van der Waals surface area contributed by atoms with Crippen molar-refractivity contribution in [2.24, 2.45) is 0 Å². The van der Waals surface area contributed by atoms with E-state index in [1.807, 2.05) is 25.1 Å². The van der Waals surface area contributed by atoms with E-state index in [1.54, 1.807) is 54.6 Å². The SMILES string of the molecule is CCCCOc1ccc(CCc2ccc(-c3ccc(-c4ccc(OCCC)cc4)c(F)c3F)cc2)cc1F. The Morgan fingerprint density at radius 1 is 0.579 bits per heavy atom. The number of rotatable bonds is 12. The smallest absolute Gasteiger partial charge is 0.167 e. The van der Waals surface area contributed by atoms with Crippen LogP contribution in [0.3, 0.4) is 0 Å². The van der Waals surface area contributed by atoms with E-state index in [2.05, 4.69) is 6.92 Å². The number of unbranched alkanes of at least 4 members (excludes halogenated alkanes) is 1. The Labute approximate surface area is 223 Å². The first kappa shape index (κ1) is 27.3. The van der Waals surface area contributed by atoms with E-state index in [1.165, 1.54) is 6.07 Å². The van der Waals surface area contributed by atoms with Crippen molar-refractivity contribution >= 4 is 0 Å². The molecule has 4 aromatic carbocycles. The van der Waals surface area contributed by atoms with Crippen molar-refractivity contribution in [2.45, 2.75) is 46.0 Å². The van der Waals surface area contributed by atoms with Gasteiger partial charge in [-0.05, 0) is 72.2 Å². The number of halogens is 3. The van der Waals surface area contributed by atoms with Crippen LogP contribution in [0.5, 0.6) is 11.5 Å². The van der Waals surface area contributed by atoms with E-state index in [0.717, 1.165) is 30.4 Å². The van der Waals surface area contributed by atoms with Crippen molar-refractivity contribution in [1.82, 2.24) is 0 Å². The quantitative estimate of drug-likeness (QED) is 0.174. The molecule has 0 fully saturated rings. The van der Waals surface area contributed by atoms with Gasteiger partial charge < -0.3 is 9.47 Å². The molecule has 4 rings (SSSR count). The molecule has 0 amide bonds. The standard InChI is InChI=1S/C33H33F3O2/c1-3-5-21-38-31-19-10-24(22-30(31)34)7-6-23-8-11-25(12-9-23)28-17-18-29(33(36)32(28)35)26-13-15-27(16-14-26)37-20-4-2/h8-19,22H,3-7,20-21H2,1-2H3. The first-order chi connectivity index (χ1) is 18.5. The third-order valence-corrected chi connectivity index (χ3v) is 6.44. The maximum Gasteiger partial charge on any atom is 0.167 e. The predicted molar refractivity (Wildman–Crippen MR) is 147 cm³/mol. The molecule has 0 aliphatic rings. The summed E-state index contributed by atoms with van der Waals surface area (Å²) in [4.78, 5) is 0.